The van der Waals surface area contributed by atoms with E-state index in [-0.39, 0.29) is 57.7 Å². The van der Waals surface area contributed by atoms with E-state index in [9.17, 15) is 19.2 Å². The van der Waals surface area contributed by atoms with Crippen molar-refractivity contribution in [3.8, 4) is 0 Å². The standard InChI is InChI=1S/C21H32N4O7/c1-17-4-3-5-20(19(17)12-25(16-27)23-15-26)24-21(29)6-8-30-10-11-32-14-18(28)13-31-9-7-22-2/h3-5,15-16,22H,6-14H2,1-2H3,(H,23,26)(H,24,29). The Kier molecular flexibility index (Phi) is 14.3. The van der Waals surface area contributed by atoms with Gasteiger partial charge in [-0.05, 0) is 25.6 Å². The van der Waals surface area contributed by atoms with Crippen LogP contribution in [-0.2, 0) is 39.9 Å². The summed E-state index contributed by atoms with van der Waals surface area (Å²) < 4.78 is 15.7. The van der Waals surface area contributed by atoms with Gasteiger partial charge in [0, 0.05) is 17.8 Å². The molecule has 0 saturated carbocycles. The van der Waals surface area contributed by atoms with Crippen molar-refractivity contribution < 1.29 is 33.4 Å². The lowest BCUT2D eigenvalue weighted by atomic mass is 10.1. The molecule has 1 aromatic carbocycles. The van der Waals surface area contributed by atoms with E-state index < -0.39 is 0 Å². The maximum absolute atomic E-state index is 12.2. The average Bonchev–Trinajstić information content (AvgIpc) is 2.77. The minimum Gasteiger partial charge on any atom is -0.379 e. The van der Waals surface area contributed by atoms with Crippen molar-refractivity contribution in [1.29, 1.82) is 0 Å². The molecule has 3 N–H and O–H groups in total. The van der Waals surface area contributed by atoms with Gasteiger partial charge in [-0.15, -0.1) is 0 Å². The molecule has 3 amide bonds. The molecule has 32 heavy (non-hydrogen) atoms. The molecule has 0 atom stereocenters. The summed E-state index contributed by atoms with van der Waals surface area (Å²) in [5, 5.41) is 6.79. The molecule has 11 nitrogen and oxygen atoms in total. The SMILES string of the molecule is CNCCOCC(=O)COCCOCCC(=O)Nc1cccc(C)c1CN(C=O)NC=O. The van der Waals surface area contributed by atoms with Gasteiger partial charge in [0.05, 0.1) is 39.4 Å². The molecule has 0 radical (unpaired) electrons. The topological polar surface area (TPSA) is 135 Å². The van der Waals surface area contributed by atoms with Crippen LogP contribution in [0.4, 0.5) is 5.69 Å². The number of Topliss-reactive ketones (excluding diaryl/α,β-unsaturated/α-hetero) is 1. The number of ketones is 1. The number of rotatable bonds is 19. The molecule has 0 unspecified atom stereocenters. The third-order valence-corrected chi connectivity index (χ3v) is 4.23. The van der Waals surface area contributed by atoms with Gasteiger partial charge in [-0.1, -0.05) is 12.1 Å². The van der Waals surface area contributed by atoms with Crippen LogP contribution < -0.4 is 16.1 Å². The van der Waals surface area contributed by atoms with Gasteiger partial charge in [0.1, 0.15) is 13.2 Å². The van der Waals surface area contributed by atoms with Crippen molar-refractivity contribution in [2.75, 3.05) is 58.6 Å². The maximum atomic E-state index is 12.2. The molecule has 0 spiro atoms. The van der Waals surface area contributed by atoms with E-state index in [1.54, 1.807) is 19.2 Å². The lowest BCUT2D eigenvalue weighted by Crippen LogP contribution is -2.35. The number of hydrazine groups is 1. The predicted octanol–water partition coefficient (Wildman–Crippen LogP) is -0.219. The van der Waals surface area contributed by atoms with Gasteiger partial charge < -0.3 is 24.8 Å². The molecule has 0 aliphatic rings. The number of nitrogens with zero attached hydrogens (tertiary/aromatic N) is 1. The predicted molar refractivity (Wildman–Crippen MR) is 117 cm³/mol. The highest BCUT2D eigenvalue weighted by Crippen LogP contribution is 2.21. The number of carbonyl (C=O) groups excluding carboxylic acids is 4. The minimum absolute atomic E-state index is 0.0134. The van der Waals surface area contributed by atoms with Crippen LogP contribution in [0.1, 0.15) is 17.5 Å². The highest BCUT2D eigenvalue weighted by molar-refractivity contribution is 5.91. The molecule has 178 valence electrons. The summed E-state index contributed by atoms with van der Waals surface area (Å²) in [6.07, 6.45) is 1.02. The van der Waals surface area contributed by atoms with Crippen molar-refractivity contribution in [2.45, 2.75) is 19.9 Å². The Morgan fingerprint density at radius 1 is 1.03 bits per heavy atom. The molecular formula is C21H32N4O7. The number of hydrogen-bond acceptors (Lipinski definition) is 8. The number of nitrogens with one attached hydrogen (secondary N) is 3. The summed E-state index contributed by atoms with van der Waals surface area (Å²) in [4.78, 5) is 45.4. The van der Waals surface area contributed by atoms with E-state index in [0.717, 1.165) is 10.6 Å². The third kappa shape index (κ3) is 11.5. The van der Waals surface area contributed by atoms with Crippen LogP contribution in [0.3, 0.4) is 0 Å². The van der Waals surface area contributed by atoms with Crippen LogP contribution in [-0.4, -0.2) is 82.8 Å². The van der Waals surface area contributed by atoms with Gasteiger partial charge in [-0.2, -0.15) is 0 Å². The van der Waals surface area contributed by atoms with Crippen molar-refractivity contribution in [1.82, 2.24) is 15.8 Å². The van der Waals surface area contributed by atoms with Crippen molar-refractivity contribution in [3.05, 3.63) is 29.3 Å². The average molecular weight is 453 g/mol. The Balaban J connectivity index is 2.28. The molecule has 0 aliphatic heterocycles. The van der Waals surface area contributed by atoms with E-state index in [0.29, 0.717) is 37.2 Å². The summed E-state index contributed by atoms with van der Waals surface area (Å²) in [5.41, 5.74) is 4.39. The zero-order valence-electron chi connectivity index (χ0n) is 18.6. The summed E-state index contributed by atoms with van der Waals surface area (Å²) in [6.45, 7) is 3.73. The smallest absolute Gasteiger partial charge is 0.228 e. The van der Waals surface area contributed by atoms with Crippen molar-refractivity contribution in [3.63, 3.8) is 0 Å². The molecule has 11 heteroatoms. The van der Waals surface area contributed by atoms with Crippen LogP contribution in [0.15, 0.2) is 18.2 Å². The van der Waals surface area contributed by atoms with Gasteiger partial charge in [-0.25, -0.2) is 0 Å². The first kappa shape index (κ1) is 27.2. The van der Waals surface area contributed by atoms with Gasteiger partial charge in [0.15, 0.2) is 5.78 Å². The normalized spacial score (nSPS) is 10.4. The van der Waals surface area contributed by atoms with Crippen molar-refractivity contribution >= 4 is 30.2 Å². The van der Waals surface area contributed by atoms with E-state index >= 15 is 0 Å². The van der Waals surface area contributed by atoms with E-state index in [4.69, 9.17) is 14.2 Å². The molecule has 1 aromatic rings. The van der Waals surface area contributed by atoms with Crippen LogP contribution in [0.2, 0.25) is 0 Å². The zero-order chi connectivity index (χ0) is 23.6. The van der Waals surface area contributed by atoms with Gasteiger partial charge in [0.25, 0.3) is 0 Å². The number of aryl methyl sites for hydroxylation is 1. The Labute approximate surface area is 187 Å². The molecule has 0 saturated heterocycles. The second-order valence-electron chi connectivity index (χ2n) is 6.74. The molecule has 0 aliphatic carbocycles. The molecule has 0 fully saturated rings. The monoisotopic (exact) mass is 452 g/mol. The highest BCUT2D eigenvalue weighted by Gasteiger charge is 2.12. The molecule has 0 aromatic heterocycles. The summed E-state index contributed by atoms with van der Waals surface area (Å²) in [6, 6.07) is 5.35. The molecule has 0 heterocycles. The number of amides is 3. The second-order valence-corrected chi connectivity index (χ2v) is 6.74. The van der Waals surface area contributed by atoms with Crippen LogP contribution in [0.25, 0.3) is 0 Å². The lowest BCUT2D eigenvalue weighted by molar-refractivity contribution is -0.128. The minimum atomic E-state index is -0.257. The largest absolute Gasteiger partial charge is 0.379 e. The summed E-state index contributed by atoms with van der Waals surface area (Å²) in [5.74, 6) is -0.404. The number of ether oxygens (including phenoxy) is 3. The Morgan fingerprint density at radius 2 is 1.75 bits per heavy atom. The fourth-order valence-corrected chi connectivity index (χ4v) is 2.57. The first-order chi connectivity index (χ1) is 15.5. The number of anilines is 1. The quantitative estimate of drug-likeness (QED) is 0.149. The first-order valence-electron chi connectivity index (χ1n) is 10.2. The number of carbonyl (C=O) groups is 4. The maximum Gasteiger partial charge on any atom is 0.228 e. The number of benzene rings is 1. The molecule has 1 rings (SSSR count). The van der Waals surface area contributed by atoms with Gasteiger partial charge in [-0.3, -0.25) is 29.6 Å². The van der Waals surface area contributed by atoms with E-state index in [2.05, 4.69) is 16.1 Å². The zero-order valence-corrected chi connectivity index (χ0v) is 18.6. The Hall–Kier alpha value is -2.86. The Bertz CT molecular complexity index is 730. The van der Waals surface area contributed by atoms with Crippen LogP contribution in [0.5, 0.6) is 0 Å². The van der Waals surface area contributed by atoms with Gasteiger partial charge in [0.2, 0.25) is 18.7 Å². The summed E-state index contributed by atoms with van der Waals surface area (Å²) in [7, 11) is 1.80. The fraction of sp³-hybridized carbons (Fsp3) is 0.524. The van der Waals surface area contributed by atoms with Crippen LogP contribution in [0, 0.1) is 6.92 Å². The fourth-order valence-electron chi connectivity index (χ4n) is 2.57. The number of likely N-dealkylation sites (N-methyl/N-ethyl adjacent to an activating group) is 1. The van der Waals surface area contributed by atoms with Crippen LogP contribution >= 0.6 is 0 Å². The van der Waals surface area contributed by atoms with E-state index in [1.807, 2.05) is 13.0 Å². The highest BCUT2D eigenvalue weighted by atomic mass is 16.5. The van der Waals surface area contributed by atoms with Crippen molar-refractivity contribution in [2.24, 2.45) is 0 Å². The van der Waals surface area contributed by atoms with E-state index in [1.165, 1.54) is 0 Å². The first-order valence-corrected chi connectivity index (χ1v) is 10.2. The summed E-state index contributed by atoms with van der Waals surface area (Å²) >= 11 is 0. The Morgan fingerprint density at radius 3 is 2.44 bits per heavy atom. The van der Waals surface area contributed by atoms with Gasteiger partial charge >= 0.3 is 0 Å². The second kappa shape index (κ2) is 16.8. The molecule has 0 bridgehead atoms. The third-order valence-electron chi connectivity index (χ3n) is 4.23. The lowest BCUT2D eigenvalue weighted by Gasteiger charge is -2.20. The molecular weight excluding hydrogens is 420 g/mol. The number of hydrogen-bond donors (Lipinski definition) is 3.